The highest BCUT2D eigenvalue weighted by molar-refractivity contribution is 9.10. The second-order valence-electron chi connectivity index (χ2n) is 4.86. The number of furan rings is 1. The van der Waals surface area contributed by atoms with Gasteiger partial charge in [0.25, 0.3) is 0 Å². The maximum absolute atomic E-state index is 11.5. The first-order valence-corrected chi connectivity index (χ1v) is 9.38. The molecule has 0 saturated heterocycles. The average Bonchev–Trinajstić information content (AvgIpc) is 2.85. The molecule has 2 rings (SSSR count). The van der Waals surface area contributed by atoms with Crippen molar-refractivity contribution < 1.29 is 12.8 Å². The Morgan fingerprint density at radius 3 is 2.38 bits per heavy atom. The largest absolute Gasteiger partial charge is 0.466 e. The van der Waals surface area contributed by atoms with Crippen LogP contribution in [0.3, 0.4) is 0 Å². The van der Waals surface area contributed by atoms with Gasteiger partial charge >= 0.3 is 0 Å². The lowest BCUT2D eigenvalue weighted by Gasteiger charge is -2.17. The molecule has 0 aliphatic rings. The zero-order valence-electron chi connectivity index (χ0n) is 12.0. The maximum Gasteiger partial charge on any atom is 0.175 e. The molecule has 0 spiro atoms. The predicted molar refractivity (Wildman–Crippen MR) is 86.1 cm³/mol. The lowest BCUT2D eigenvalue weighted by molar-refractivity contribution is 0.444. The normalized spacial score (nSPS) is 13.3. The second-order valence-corrected chi connectivity index (χ2v) is 7.73. The fourth-order valence-electron chi connectivity index (χ4n) is 2.07. The van der Waals surface area contributed by atoms with Crippen LogP contribution >= 0.6 is 15.9 Å². The number of hydrogen-bond acceptors (Lipinski definition) is 4. The molecule has 1 N–H and O–H groups in total. The van der Waals surface area contributed by atoms with E-state index in [0.29, 0.717) is 4.90 Å². The monoisotopic (exact) mass is 371 g/mol. The van der Waals surface area contributed by atoms with Crippen molar-refractivity contribution in [3.05, 3.63) is 52.4 Å². The van der Waals surface area contributed by atoms with Gasteiger partial charge in [0.1, 0.15) is 5.76 Å². The van der Waals surface area contributed by atoms with E-state index in [2.05, 4.69) is 28.2 Å². The molecule has 0 radical (unpaired) electrons. The molecule has 0 aliphatic heterocycles. The molecule has 0 fully saturated rings. The smallest absolute Gasteiger partial charge is 0.175 e. The fraction of sp³-hybridized carbons (Fsp3) is 0.333. The van der Waals surface area contributed by atoms with Crippen molar-refractivity contribution in [2.45, 2.75) is 24.3 Å². The molecule has 0 saturated carbocycles. The number of rotatable bonds is 6. The van der Waals surface area contributed by atoms with Crippen LogP contribution in [0.15, 0.2) is 50.4 Å². The Balaban J connectivity index is 2.35. The first-order chi connectivity index (χ1) is 9.93. The van der Waals surface area contributed by atoms with Crippen molar-refractivity contribution in [2.75, 3.05) is 12.8 Å². The first-order valence-electron chi connectivity index (χ1n) is 6.69. The predicted octanol–water partition coefficient (Wildman–Crippen LogP) is 3.53. The minimum absolute atomic E-state index is 0.108. The third-order valence-electron chi connectivity index (χ3n) is 3.15. The molecule has 114 valence electrons. The summed E-state index contributed by atoms with van der Waals surface area (Å²) in [7, 11) is -3.18. The number of benzene rings is 1. The van der Waals surface area contributed by atoms with E-state index in [4.69, 9.17) is 4.42 Å². The van der Waals surface area contributed by atoms with Gasteiger partial charge in [-0.25, -0.2) is 8.42 Å². The van der Waals surface area contributed by atoms with Crippen molar-refractivity contribution in [2.24, 2.45) is 0 Å². The lowest BCUT2D eigenvalue weighted by Crippen LogP contribution is -2.23. The quantitative estimate of drug-likeness (QED) is 0.843. The Morgan fingerprint density at radius 2 is 1.90 bits per heavy atom. The summed E-state index contributed by atoms with van der Waals surface area (Å²) in [5, 5.41) is 3.41. The lowest BCUT2D eigenvalue weighted by atomic mass is 10.0. The van der Waals surface area contributed by atoms with Gasteiger partial charge in [-0.15, -0.1) is 0 Å². The molecule has 1 aromatic heterocycles. The number of sulfone groups is 1. The molecular formula is C15H18BrNO3S. The summed E-state index contributed by atoms with van der Waals surface area (Å²) in [5.74, 6) is 0.788. The minimum atomic E-state index is -3.18. The van der Waals surface area contributed by atoms with Crippen LogP contribution in [0.1, 0.15) is 30.7 Å². The summed E-state index contributed by atoms with van der Waals surface area (Å²) < 4.78 is 29.5. The van der Waals surface area contributed by atoms with E-state index in [1.54, 1.807) is 18.4 Å². The van der Waals surface area contributed by atoms with Gasteiger partial charge in [0, 0.05) is 6.26 Å². The van der Waals surface area contributed by atoms with E-state index in [1.165, 1.54) is 6.26 Å². The summed E-state index contributed by atoms with van der Waals surface area (Å²) >= 11 is 3.47. The molecule has 0 amide bonds. The molecule has 1 heterocycles. The summed E-state index contributed by atoms with van der Waals surface area (Å²) in [6, 6.07) is 8.63. The minimum Gasteiger partial charge on any atom is -0.466 e. The Bertz CT molecular complexity index is 692. The highest BCUT2D eigenvalue weighted by Gasteiger charge is 2.20. The van der Waals surface area contributed by atoms with E-state index in [1.807, 2.05) is 18.2 Å². The van der Waals surface area contributed by atoms with Crippen LogP contribution in [0, 0.1) is 0 Å². The summed E-state index contributed by atoms with van der Waals surface area (Å²) in [5.41, 5.74) is 0.964. The Labute approximate surface area is 133 Å². The first kappa shape index (κ1) is 16.3. The molecule has 0 aliphatic carbocycles. The molecule has 6 heteroatoms. The van der Waals surface area contributed by atoms with E-state index < -0.39 is 9.84 Å². The summed E-state index contributed by atoms with van der Waals surface area (Å²) in [4.78, 5) is 0.319. The highest BCUT2D eigenvalue weighted by atomic mass is 79.9. The Hall–Kier alpha value is -1.11. The molecule has 0 bridgehead atoms. The van der Waals surface area contributed by atoms with Gasteiger partial charge in [0.2, 0.25) is 0 Å². The molecule has 1 atom stereocenters. The standard InChI is InChI=1S/C15H18BrNO3S/c1-3-9-17-14(15-13(16)8-10-20-15)11-4-6-12(7-5-11)21(2,18)19/h4-8,10,14,17H,3,9H2,1-2H3. The van der Waals surface area contributed by atoms with Crippen LogP contribution in [-0.2, 0) is 9.84 Å². The van der Waals surface area contributed by atoms with Crippen LogP contribution < -0.4 is 5.32 Å². The Kier molecular flexibility index (Phi) is 5.24. The van der Waals surface area contributed by atoms with Crippen molar-refractivity contribution >= 4 is 25.8 Å². The van der Waals surface area contributed by atoms with Crippen LogP contribution in [-0.4, -0.2) is 21.2 Å². The van der Waals surface area contributed by atoms with Gasteiger partial charge in [-0.3, -0.25) is 0 Å². The number of nitrogens with one attached hydrogen (secondary N) is 1. The van der Waals surface area contributed by atoms with E-state index in [9.17, 15) is 8.42 Å². The van der Waals surface area contributed by atoms with Gasteiger partial charge in [-0.1, -0.05) is 19.1 Å². The SMILES string of the molecule is CCCNC(c1ccc(S(C)(=O)=O)cc1)c1occc1Br. The van der Waals surface area contributed by atoms with Crippen molar-refractivity contribution in [3.63, 3.8) is 0 Å². The zero-order chi connectivity index (χ0) is 15.5. The second kappa shape index (κ2) is 6.77. The summed E-state index contributed by atoms with van der Waals surface area (Å²) in [6.07, 6.45) is 3.83. The van der Waals surface area contributed by atoms with Crippen LogP contribution in [0.2, 0.25) is 0 Å². The van der Waals surface area contributed by atoms with E-state index >= 15 is 0 Å². The molecule has 4 nitrogen and oxygen atoms in total. The third-order valence-corrected chi connectivity index (χ3v) is 4.93. The van der Waals surface area contributed by atoms with Crippen molar-refractivity contribution in [1.82, 2.24) is 5.32 Å². The van der Waals surface area contributed by atoms with Gasteiger partial charge < -0.3 is 9.73 Å². The van der Waals surface area contributed by atoms with Crippen LogP contribution in [0.5, 0.6) is 0 Å². The third kappa shape index (κ3) is 3.96. The average molecular weight is 372 g/mol. The van der Waals surface area contributed by atoms with Crippen molar-refractivity contribution in [3.8, 4) is 0 Å². The highest BCUT2D eigenvalue weighted by Crippen LogP contribution is 2.30. The fourth-order valence-corrected chi connectivity index (χ4v) is 3.13. The van der Waals surface area contributed by atoms with E-state index in [0.717, 1.165) is 28.8 Å². The van der Waals surface area contributed by atoms with Gasteiger partial charge in [0.05, 0.1) is 21.7 Å². The van der Waals surface area contributed by atoms with Crippen LogP contribution in [0.4, 0.5) is 0 Å². The number of halogens is 1. The molecule has 2 aromatic rings. The molecule has 1 aromatic carbocycles. The topological polar surface area (TPSA) is 59.3 Å². The molecular weight excluding hydrogens is 354 g/mol. The zero-order valence-corrected chi connectivity index (χ0v) is 14.4. The Morgan fingerprint density at radius 1 is 1.24 bits per heavy atom. The van der Waals surface area contributed by atoms with Gasteiger partial charge in [-0.05, 0) is 52.7 Å². The number of hydrogen-bond donors (Lipinski definition) is 1. The molecule has 1 unspecified atom stereocenters. The van der Waals surface area contributed by atoms with Crippen molar-refractivity contribution in [1.29, 1.82) is 0 Å². The summed E-state index contributed by atoms with van der Waals surface area (Å²) in [6.45, 7) is 2.93. The molecule has 21 heavy (non-hydrogen) atoms. The van der Waals surface area contributed by atoms with E-state index in [-0.39, 0.29) is 6.04 Å². The van der Waals surface area contributed by atoms with Crippen LogP contribution in [0.25, 0.3) is 0 Å². The van der Waals surface area contributed by atoms with Gasteiger partial charge in [-0.2, -0.15) is 0 Å². The van der Waals surface area contributed by atoms with Gasteiger partial charge in [0.15, 0.2) is 9.84 Å². The maximum atomic E-state index is 11.5.